The van der Waals surface area contributed by atoms with E-state index in [1.807, 2.05) is 0 Å². The predicted octanol–water partition coefficient (Wildman–Crippen LogP) is 1.11. The molecule has 0 saturated carbocycles. The second kappa shape index (κ2) is 7.41. The molecule has 7 nitrogen and oxygen atoms in total. The summed E-state index contributed by atoms with van der Waals surface area (Å²) in [5.41, 5.74) is 6.08. The van der Waals surface area contributed by atoms with Gasteiger partial charge in [0.25, 0.3) is 0 Å². The maximum Gasteiger partial charge on any atom is 0.243 e. The van der Waals surface area contributed by atoms with Crippen LogP contribution in [0.3, 0.4) is 0 Å². The second-order valence-corrected chi connectivity index (χ2v) is 6.87. The summed E-state index contributed by atoms with van der Waals surface area (Å²) < 4.78 is 37.8. The van der Waals surface area contributed by atoms with Crippen LogP contribution in [-0.4, -0.2) is 50.2 Å². The minimum Gasteiger partial charge on any atom is -0.374 e. The number of hydrogen-bond donors (Lipinski definition) is 1. The monoisotopic (exact) mass is 359 g/mol. The van der Waals surface area contributed by atoms with Crippen molar-refractivity contribution in [1.29, 1.82) is 0 Å². The van der Waals surface area contributed by atoms with E-state index in [1.165, 1.54) is 10.5 Å². The third-order valence-corrected chi connectivity index (χ3v) is 5.50. The highest BCUT2D eigenvalue weighted by Gasteiger charge is 2.32. The van der Waals surface area contributed by atoms with Gasteiger partial charge in [0.05, 0.1) is 23.8 Å². The summed E-state index contributed by atoms with van der Waals surface area (Å²) in [7, 11) is -3.65. The maximum atomic E-state index is 12.9. The molecule has 0 bridgehead atoms. The number of nitrogens with two attached hydrogens (primary N) is 1. The van der Waals surface area contributed by atoms with Gasteiger partial charge in [0.15, 0.2) is 5.76 Å². The normalized spacial score (nSPS) is 19.3. The van der Waals surface area contributed by atoms with Crippen LogP contribution >= 0.6 is 12.4 Å². The molecule has 2 N–H and O–H groups in total. The molecule has 0 spiro atoms. The van der Waals surface area contributed by atoms with Crippen molar-refractivity contribution in [2.45, 2.75) is 11.0 Å². The van der Waals surface area contributed by atoms with Gasteiger partial charge in [-0.25, -0.2) is 8.42 Å². The molecule has 0 radical (unpaired) electrons. The van der Waals surface area contributed by atoms with Crippen LogP contribution in [0.1, 0.15) is 0 Å². The molecule has 2 heterocycles. The highest BCUT2D eigenvalue weighted by atomic mass is 35.5. The van der Waals surface area contributed by atoms with Gasteiger partial charge in [-0.15, -0.1) is 12.4 Å². The third kappa shape index (κ3) is 3.56. The smallest absolute Gasteiger partial charge is 0.243 e. The van der Waals surface area contributed by atoms with Crippen LogP contribution in [0.25, 0.3) is 11.3 Å². The van der Waals surface area contributed by atoms with Gasteiger partial charge in [-0.1, -0.05) is 17.3 Å². The van der Waals surface area contributed by atoms with Crippen molar-refractivity contribution in [3.63, 3.8) is 0 Å². The van der Waals surface area contributed by atoms with Crippen LogP contribution < -0.4 is 5.73 Å². The summed E-state index contributed by atoms with van der Waals surface area (Å²) in [5.74, 6) is 0.419. The molecule has 1 unspecified atom stereocenters. The van der Waals surface area contributed by atoms with Gasteiger partial charge in [0.1, 0.15) is 0 Å². The van der Waals surface area contributed by atoms with Gasteiger partial charge in [-0.2, -0.15) is 4.31 Å². The van der Waals surface area contributed by atoms with Crippen molar-refractivity contribution in [2.24, 2.45) is 5.73 Å². The van der Waals surface area contributed by atoms with Gasteiger partial charge < -0.3 is 15.0 Å². The average Bonchev–Trinajstić information content (AvgIpc) is 3.09. The number of nitrogens with zero attached hydrogens (tertiary/aromatic N) is 2. The van der Waals surface area contributed by atoms with Crippen LogP contribution in [0.5, 0.6) is 0 Å². The molecule has 9 heteroatoms. The molecule has 126 valence electrons. The number of morpholine rings is 1. The van der Waals surface area contributed by atoms with Crippen LogP contribution in [0.4, 0.5) is 0 Å². The number of sulfonamides is 1. The van der Waals surface area contributed by atoms with Crippen molar-refractivity contribution in [1.82, 2.24) is 9.46 Å². The Bertz CT molecular complexity index is 736. The quantitative estimate of drug-likeness (QED) is 0.878. The number of halogens is 1. The Morgan fingerprint density at radius 1 is 1.30 bits per heavy atom. The fourth-order valence-corrected chi connectivity index (χ4v) is 4.09. The predicted molar refractivity (Wildman–Crippen MR) is 86.7 cm³/mol. The van der Waals surface area contributed by atoms with Crippen molar-refractivity contribution in [3.05, 3.63) is 36.5 Å². The maximum absolute atomic E-state index is 12.9. The molecule has 0 amide bonds. The van der Waals surface area contributed by atoms with Crippen LogP contribution in [0.2, 0.25) is 0 Å². The van der Waals surface area contributed by atoms with Gasteiger partial charge in [-0.3, -0.25) is 0 Å². The lowest BCUT2D eigenvalue weighted by molar-refractivity contribution is 0.00451. The Morgan fingerprint density at radius 2 is 2.09 bits per heavy atom. The molecule has 1 aromatic heterocycles. The van der Waals surface area contributed by atoms with E-state index >= 15 is 0 Å². The number of benzene rings is 1. The molecular formula is C14H18ClN3O4S. The van der Waals surface area contributed by atoms with E-state index in [1.54, 1.807) is 30.3 Å². The van der Waals surface area contributed by atoms with Gasteiger partial charge in [-0.05, 0) is 12.1 Å². The first-order valence-electron chi connectivity index (χ1n) is 6.95. The van der Waals surface area contributed by atoms with Crippen molar-refractivity contribution in [2.75, 3.05) is 26.2 Å². The Morgan fingerprint density at radius 3 is 2.78 bits per heavy atom. The molecule has 3 rings (SSSR count). The van der Waals surface area contributed by atoms with E-state index in [9.17, 15) is 8.42 Å². The Labute approximate surface area is 140 Å². The highest BCUT2D eigenvalue weighted by Crippen LogP contribution is 2.29. The zero-order chi connectivity index (χ0) is 15.6. The largest absolute Gasteiger partial charge is 0.374 e. The number of ether oxygens (including phenoxy) is 1. The van der Waals surface area contributed by atoms with Crippen molar-refractivity contribution in [3.8, 4) is 11.3 Å². The minimum atomic E-state index is -3.65. The topological polar surface area (TPSA) is 98.7 Å². The molecule has 1 fully saturated rings. The summed E-state index contributed by atoms with van der Waals surface area (Å²) in [6.07, 6.45) is 1.21. The Kier molecular flexibility index (Phi) is 5.77. The summed E-state index contributed by atoms with van der Waals surface area (Å²) in [6, 6.07) is 8.36. The lowest BCUT2D eigenvalue weighted by atomic mass is 10.2. The van der Waals surface area contributed by atoms with E-state index in [4.69, 9.17) is 15.0 Å². The van der Waals surface area contributed by atoms with E-state index in [0.29, 0.717) is 24.5 Å². The summed E-state index contributed by atoms with van der Waals surface area (Å²) >= 11 is 0. The number of hydrogen-bond acceptors (Lipinski definition) is 6. The standard InChI is InChI=1S/C14H17N3O4S.ClH/c15-9-11-10-17(7-8-20-11)22(18,19)14-4-2-1-3-12(14)13-5-6-16-21-13;/h1-6,11H,7-10,15H2;1H. The summed E-state index contributed by atoms with van der Waals surface area (Å²) in [4.78, 5) is 0.199. The third-order valence-electron chi connectivity index (χ3n) is 3.57. The van der Waals surface area contributed by atoms with Crippen LogP contribution in [0, 0.1) is 0 Å². The molecule has 1 aliphatic heterocycles. The fourth-order valence-electron chi connectivity index (χ4n) is 2.44. The zero-order valence-electron chi connectivity index (χ0n) is 12.3. The number of aromatic nitrogens is 1. The number of rotatable bonds is 4. The Balaban J connectivity index is 0.00000192. The van der Waals surface area contributed by atoms with Crippen LogP contribution in [0.15, 0.2) is 45.9 Å². The first-order valence-corrected chi connectivity index (χ1v) is 8.39. The second-order valence-electron chi connectivity index (χ2n) is 4.96. The molecule has 1 aliphatic rings. The molecule has 1 saturated heterocycles. The summed E-state index contributed by atoms with van der Waals surface area (Å²) in [5, 5.41) is 3.64. The Hall–Kier alpha value is -1.45. The van der Waals surface area contributed by atoms with E-state index in [2.05, 4.69) is 5.16 Å². The first-order chi connectivity index (χ1) is 10.6. The van der Waals surface area contributed by atoms with Crippen LogP contribution in [-0.2, 0) is 14.8 Å². The van der Waals surface area contributed by atoms with E-state index < -0.39 is 10.0 Å². The van der Waals surface area contributed by atoms with E-state index in [0.717, 1.165) is 0 Å². The minimum absolute atomic E-state index is 0. The van der Waals surface area contributed by atoms with Crippen molar-refractivity contribution < 1.29 is 17.7 Å². The molecule has 1 aromatic carbocycles. The SMILES string of the molecule is Cl.NCC1CN(S(=O)(=O)c2ccccc2-c2ccno2)CCO1. The lowest BCUT2D eigenvalue weighted by Gasteiger charge is -2.31. The highest BCUT2D eigenvalue weighted by molar-refractivity contribution is 7.89. The molecule has 1 atom stereocenters. The van der Waals surface area contributed by atoms with Gasteiger partial charge >= 0.3 is 0 Å². The van der Waals surface area contributed by atoms with E-state index in [-0.39, 0.29) is 36.5 Å². The lowest BCUT2D eigenvalue weighted by Crippen LogP contribution is -2.48. The van der Waals surface area contributed by atoms with Gasteiger partial charge in [0.2, 0.25) is 10.0 Å². The average molecular weight is 360 g/mol. The molecule has 2 aromatic rings. The molecule has 23 heavy (non-hydrogen) atoms. The fraction of sp³-hybridized carbons (Fsp3) is 0.357. The van der Waals surface area contributed by atoms with Crippen molar-refractivity contribution >= 4 is 22.4 Å². The molecular weight excluding hydrogens is 342 g/mol. The van der Waals surface area contributed by atoms with Gasteiger partial charge in [0, 0.05) is 31.3 Å². The first kappa shape index (κ1) is 17.9. The molecule has 0 aliphatic carbocycles. The zero-order valence-corrected chi connectivity index (χ0v) is 13.9. The summed E-state index contributed by atoms with van der Waals surface area (Å²) in [6.45, 7) is 1.19.